The second-order valence-corrected chi connectivity index (χ2v) is 10.7. The average Bonchev–Trinajstić information content (AvgIpc) is 3.21. The number of carboxylic acid groups (broad SMARTS) is 1. The maximum absolute atomic E-state index is 13.3. The van der Waals surface area contributed by atoms with Crippen molar-refractivity contribution in [3.05, 3.63) is 82.3 Å². The van der Waals surface area contributed by atoms with Crippen molar-refractivity contribution in [3.63, 3.8) is 0 Å². The van der Waals surface area contributed by atoms with E-state index in [1.165, 1.54) is 24.4 Å². The zero-order valence-electron chi connectivity index (χ0n) is 20.6. The minimum atomic E-state index is -4.62. The van der Waals surface area contributed by atoms with Gasteiger partial charge in [-0.25, -0.2) is 14.8 Å². The minimum Gasteiger partial charge on any atom is -0.464 e. The molecule has 8 nitrogen and oxygen atoms in total. The van der Waals surface area contributed by atoms with Gasteiger partial charge in [0.1, 0.15) is 5.82 Å². The second-order valence-electron chi connectivity index (χ2n) is 8.49. The summed E-state index contributed by atoms with van der Waals surface area (Å²) in [4.78, 5) is 19.9. The third-order valence-corrected chi connectivity index (χ3v) is 7.89. The molecule has 0 spiro atoms. The van der Waals surface area contributed by atoms with Crippen molar-refractivity contribution in [1.82, 2.24) is 18.8 Å². The van der Waals surface area contributed by atoms with Crippen LogP contribution < -0.4 is 0 Å². The Morgan fingerprint density at radius 2 is 1.79 bits per heavy atom. The highest BCUT2D eigenvalue weighted by Crippen LogP contribution is 2.37. The average molecular weight is 603 g/mol. The molecule has 0 saturated carbocycles. The maximum atomic E-state index is 13.3. The van der Waals surface area contributed by atoms with Gasteiger partial charge in [0.2, 0.25) is 0 Å². The van der Waals surface area contributed by atoms with Crippen molar-refractivity contribution in [2.45, 2.75) is 37.9 Å². The van der Waals surface area contributed by atoms with E-state index < -0.39 is 32.9 Å². The number of halogens is 5. The molecule has 39 heavy (non-hydrogen) atoms. The van der Waals surface area contributed by atoms with Gasteiger partial charge in [0.25, 0.3) is 10.0 Å². The quantitative estimate of drug-likeness (QED) is 0.266. The van der Waals surface area contributed by atoms with Crippen LogP contribution in [-0.4, -0.2) is 45.0 Å². The lowest BCUT2D eigenvalue weighted by Crippen LogP contribution is -2.37. The number of rotatable bonds is 7. The first-order chi connectivity index (χ1) is 17.8. The summed E-state index contributed by atoms with van der Waals surface area (Å²) in [5.74, 6) is 0.525. The summed E-state index contributed by atoms with van der Waals surface area (Å²) in [5, 5.41) is 8.74. The van der Waals surface area contributed by atoms with E-state index in [0.29, 0.717) is 33.3 Å². The number of fused-ring (bicyclic) bond motifs is 1. The number of benzene rings is 2. The molecular formula is C25H23Cl2F3N4O4S. The van der Waals surface area contributed by atoms with Crippen molar-refractivity contribution < 1.29 is 31.5 Å². The predicted molar refractivity (Wildman–Crippen MR) is 142 cm³/mol. The topological polar surface area (TPSA) is 105 Å². The molecule has 4 aromatic rings. The summed E-state index contributed by atoms with van der Waals surface area (Å²) in [7, 11) is -4.36. The van der Waals surface area contributed by atoms with Gasteiger partial charge in [0.15, 0.2) is 5.03 Å². The highest BCUT2D eigenvalue weighted by atomic mass is 35.5. The van der Waals surface area contributed by atoms with E-state index in [9.17, 15) is 31.5 Å². The highest BCUT2D eigenvalue weighted by Gasteiger charge is 2.34. The number of aromatic nitrogens is 3. The molecule has 0 aliphatic carbocycles. The summed E-state index contributed by atoms with van der Waals surface area (Å²) in [6, 6.07) is 11.7. The zero-order chi connectivity index (χ0) is 27.8. The van der Waals surface area contributed by atoms with Crippen LogP contribution in [-0.2, 0) is 29.0 Å². The van der Waals surface area contributed by atoms with Crippen LogP contribution in [0.2, 0.25) is 5.02 Å². The molecule has 0 saturated heterocycles. The van der Waals surface area contributed by atoms with Gasteiger partial charge in [0, 0.05) is 24.8 Å². The number of alkyl halides is 3. The smallest absolute Gasteiger partial charge is 0.421 e. The third kappa shape index (κ3) is 6.13. The molecule has 0 fully saturated rings. The standard InChI is InChI=1S/C25H22ClF3N4O4S.ClH/c1-3-22-31-20-12-18(25(27,28)29)19(26)13-21(20)33(22)17-7-5-16(6-8-17)10-11-32(24(34)35)38(36,37)23-9-4-15(2)14-30-23;/h4-9,12-14H,3,10-11H2,1-2H3,(H,34,35);1H. The Hall–Kier alpha value is -3.35. The van der Waals surface area contributed by atoms with Gasteiger partial charge in [-0.1, -0.05) is 36.7 Å². The van der Waals surface area contributed by atoms with E-state index in [-0.39, 0.29) is 35.9 Å². The van der Waals surface area contributed by atoms with Crippen LogP contribution in [0.5, 0.6) is 0 Å². The number of sulfonamides is 1. The number of nitrogens with zero attached hydrogens (tertiary/aromatic N) is 4. The predicted octanol–water partition coefficient (Wildman–Crippen LogP) is 6.30. The normalized spacial score (nSPS) is 11.8. The van der Waals surface area contributed by atoms with Crippen LogP contribution in [0.15, 0.2) is 59.8 Å². The number of imidazole rings is 1. The molecule has 208 valence electrons. The second kappa shape index (κ2) is 11.4. The first kappa shape index (κ1) is 30.2. The van der Waals surface area contributed by atoms with Gasteiger partial charge in [-0.3, -0.25) is 4.57 Å². The first-order valence-electron chi connectivity index (χ1n) is 11.4. The van der Waals surface area contributed by atoms with Crippen molar-refractivity contribution in [2.24, 2.45) is 0 Å². The van der Waals surface area contributed by atoms with Gasteiger partial charge in [-0.15, -0.1) is 12.4 Å². The van der Waals surface area contributed by atoms with E-state index in [1.807, 2.05) is 6.92 Å². The van der Waals surface area contributed by atoms with Crippen LogP contribution in [0.1, 0.15) is 29.4 Å². The summed E-state index contributed by atoms with van der Waals surface area (Å²) in [6.45, 7) is 3.21. The summed E-state index contributed by atoms with van der Waals surface area (Å²) >= 11 is 5.94. The zero-order valence-corrected chi connectivity index (χ0v) is 23.0. The Kier molecular flexibility index (Phi) is 8.83. The summed E-state index contributed by atoms with van der Waals surface area (Å²) < 4.78 is 67.6. The molecule has 0 aliphatic rings. The minimum absolute atomic E-state index is 0. The van der Waals surface area contributed by atoms with Gasteiger partial charge >= 0.3 is 12.3 Å². The fourth-order valence-corrected chi connectivity index (χ4v) is 5.43. The SMILES string of the molecule is CCc1nc2cc(C(F)(F)F)c(Cl)cc2n1-c1ccc(CCN(C(=O)O)S(=O)(=O)c2ccc(C)cn2)cc1.Cl. The molecule has 14 heteroatoms. The lowest BCUT2D eigenvalue weighted by atomic mass is 10.1. The van der Waals surface area contributed by atoms with E-state index in [2.05, 4.69) is 9.97 Å². The fourth-order valence-electron chi connectivity index (χ4n) is 3.97. The number of amides is 1. The molecule has 0 radical (unpaired) electrons. The first-order valence-corrected chi connectivity index (χ1v) is 13.2. The Morgan fingerprint density at radius 3 is 2.33 bits per heavy atom. The van der Waals surface area contributed by atoms with Crippen molar-refractivity contribution in [3.8, 4) is 5.69 Å². The lowest BCUT2D eigenvalue weighted by Gasteiger charge is -2.19. The van der Waals surface area contributed by atoms with E-state index in [0.717, 1.165) is 11.6 Å². The Labute approximate surface area is 233 Å². The van der Waals surface area contributed by atoms with E-state index in [1.54, 1.807) is 35.8 Å². The van der Waals surface area contributed by atoms with Gasteiger partial charge in [-0.2, -0.15) is 25.9 Å². The largest absolute Gasteiger partial charge is 0.464 e. The monoisotopic (exact) mass is 602 g/mol. The van der Waals surface area contributed by atoms with Crippen molar-refractivity contribution in [2.75, 3.05) is 6.54 Å². The van der Waals surface area contributed by atoms with Gasteiger partial charge < -0.3 is 5.11 Å². The Bertz CT molecular complexity index is 1610. The number of pyridine rings is 1. The van der Waals surface area contributed by atoms with Gasteiger partial charge in [0.05, 0.1) is 21.6 Å². The van der Waals surface area contributed by atoms with E-state index >= 15 is 0 Å². The molecule has 2 aromatic carbocycles. The van der Waals surface area contributed by atoms with Crippen LogP contribution in [0, 0.1) is 6.92 Å². The maximum Gasteiger partial charge on any atom is 0.421 e. The number of hydrogen-bond acceptors (Lipinski definition) is 5. The van der Waals surface area contributed by atoms with Crippen molar-refractivity contribution in [1.29, 1.82) is 0 Å². The van der Waals surface area contributed by atoms with Crippen molar-refractivity contribution >= 4 is 51.2 Å². The van der Waals surface area contributed by atoms with Crippen LogP contribution in [0.4, 0.5) is 18.0 Å². The number of carbonyl (C=O) groups is 1. The molecule has 2 heterocycles. The molecule has 1 amide bonds. The Balaban J connectivity index is 0.00000420. The molecule has 2 aromatic heterocycles. The van der Waals surface area contributed by atoms with Gasteiger partial charge in [-0.05, 0) is 54.8 Å². The molecule has 4 rings (SSSR count). The molecule has 1 N–H and O–H groups in total. The molecule has 0 atom stereocenters. The lowest BCUT2D eigenvalue weighted by molar-refractivity contribution is -0.137. The number of aryl methyl sites for hydroxylation is 2. The summed E-state index contributed by atoms with van der Waals surface area (Å²) in [6.07, 6.45) is -4.38. The molecule has 0 unspecified atom stereocenters. The Morgan fingerprint density at radius 1 is 1.13 bits per heavy atom. The number of hydrogen-bond donors (Lipinski definition) is 1. The third-order valence-electron chi connectivity index (χ3n) is 5.88. The highest BCUT2D eigenvalue weighted by molar-refractivity contribution is 7.89. The van der Waals surface area contributed by atoms with Crippen LogP contribution >= 0.6 is 24.0 Å². The molecule has 0 aliphatic heterocycles. The summed E-state index contributed by atoms with van der Waals surface area (Å²) in [5.41, 5.74) is 1.57. The fraction of sp³-hybridized carbons (Fsp3) is 0.240. The van der Waals surface area contributed by atoms with Crippen LogP contribution in [0.25, 0.3) is 16.7 Å². The molecule has 0 bridgehead atoms. The van der Waals surface area contributed by atoms with Crippen LogP contribution in [0.3, 0.4) is 0 Å². The molecular weight excluding hydrogens is 580 g/mol. The van der Waals surface area contributed by atoms with E-state index in [4.69, 9.17) is 11.6 Å².